The average molecular weight is 511 g/mol. The van der Waals surface area contributed by atoms with Crippen molar-refractivity contribution >= 4 is 12.2 Å². The maximum Gasteiger partial charge on any atom is 0.509 e. The summed E-state index contributed by atoms with van der Waals surface area (Å²) in [5.74, 6) is -0.415. The number of carbonyl (C=O) groups excluding carboxylic acids is 2. The second kappa shape index (κ2) is 12.0. The monoisotopic (exact) mass is 510 g/mol. The summed E-state index contributed by atoms with van der Waals surface area (Å²) in [6.45, 7) is 2.38. The molecule has 0 spiro atoms. The van der Waals surface area contributed by atoms with Gasteiger partial charge in [-0.25, -0.2) is 14.0 Å². The van der Waals surface area contributed by atoms with Crippen molar-refractivity contribution in [2.75, 3.05) is 6.54 Å². The van der Waals surface area contributed by atoms with Crippen molar-refractivity contribution < 1.29 is 41.7 Å². The normalized spacial score (nSPS) is 19.6. The van der Waals surface area contributed by atoms with Gasteiger partial charge < -0.3 is 29.6 Å². The van der Waals surface area contributed by atoms with Gasteiger partial charge in [-0.1, -0.05) is 24.3 Å². The first-order valence-corrected chi connectivity index (χ1v) is 11.3. The van der Waals surface area contributed by atoms with Gasteiger partial charge in [-0.15, -0.1) is 0 Å². The fourth-order valence-corrected chi connectivity index (χ4v) is 3.66. The van der Waals surface area contributed by atoms with Crippen molar-refractivity contribution in [3.8, 4) is 5.75 Å². The number of benzene rings is 2. The number of nitrogens with one attached hydrogen (secondary N) is 2. The van der Waals surface area contributed by atoms with Crippen molar-refractivity contribution in [3.63, 3.8) is 0 Å². The molecule has 0 unspecified atom stereocenters. The molecule has 1 saturated heterocycles. The molecule has 1 fully saturated rings. The second-order valence-corrected chi connectivity index (χ2v) is 9.22. The topological polar surface area (TPSA) is 95.1 Å². The van der Waals surface area contributed by atoms with Crippen molar-refractivity contribution in [1.29, 1.82) is 0 Å². The van der Waals surface area contributed by atoms with Crippen LogP contribution in [0.2, 0.25) is 0 Å². The summed E-state index contributed by atoms with van der Waals surface area (Å²) < 4.78 is 58.8. The predicted octanol–water partition coefficient (Wildman–Crippen LogP) is 4.56. The van der Waals surface area contributed by atoms with Crippen LogP contribution in [0.15, 0.2) is 48.5 Å². The van der Waals surface area contributed by atoms with E-state index in [4.69, 9.17) is 14.2 Å². The Bertz CT molecular complexity index is 1030. The van der Waals surface area contributed by atoms with Gasteiger partial charge in [0.25, 0.3) is 0 Å². The van der Waals surface area contributed by atoms with E-state index >= 15 is 0 Å². The van der Waals surface area contributed by atoms with Gasteiger partial charge in [-0.3, -0.25) is 0 Å². The third kappa shape index (κ3) is 8.63. The van der Waals surface area contributed by atoms with E-state index in [1.165, 1.54) is 30.3 Å². The molecule has 1 aliphatic heterocycles. The maximum atomic E-state index is 13.4. The molecule has 8 nitrogen and oxygen atoms in total. The van der Waals surface area contributed by atoms with Crippen molar-refractivity contribution in [2.45, 2.75) is 64.2 Å². The maximum absolute atomic E-state index is 13.4. The van der Waals surface area contributed by atoms with Gasteiger partial charge in [0.15, 0.2) is 12.2 Å². The molecular formula is C25H29F3N2O6. The first-order valence-electron chi connectivity index (χ1n) is 11.3. The Balaban J connectivity index is 1.67. The molecule has 1 heterocycles. The van der Waals surface area contributed by atoms with Crippen LogP contribution in [-0.4, -0.2) is 49.3 Å². The van der Waals surface area contributed by atoms with Gasteiger partial charge >= 0.3 is 18.9 Å². The van der Waals surface area contributed by atoms with E-state index in [0.717, 1.165) is 5.56 Å². The zero-order chi connectivity index (χ0) is 26.3. The Labute approximate surface area is 207 Å². The van der Waals surface area contributed by atoms with Crippen LogP contribution in [-0.2, 0) is 27.2 Å². The summed E-state index contributed by atoms with van der Waals surface area (Å²) >= 11 is 0. The molecule has 36 heavy (non-hydrogen) atoms. The number of ether oxygens (including phenoxy) is 4. The molecule has 0 aromatic heterocycles. The van der Waals surface area contributed by atoms with E-state index < -0.39 is 48.5 Å². The number of hydrogen-bond acceptors (Lipinski definition) is 7. The van der Waals surface area contributed by atoms with Crippen LogP contribution in [0.3, 0.4) is 0 Å². The molecule has 11 heteroatoms. The minimum atomic E-state index is -2.93. The number of amides is 1. The summed E-state index contributed by atoms with van der Waals surface area (Å²) in [4.78, 5) is 24.8. The van der Waals surface area contributed by atoms with Crippen LogP contribution in [0.1, 0.15) is 31.9 Å². The highest BCUT2D eigenvalue weighted by atomic mass is 19.3. The van der Waals surface area contributed by atoms with E-state index in [0.29, 0.717) is 12.0 Å². The number of halogens is 3. The van der Waals surface area contributed by atoms with E-state index in [-0.39, 0.29) is 18.8 Å². The van der Waals surface area contributed by atoms with Crippen LogP contribution >= 0.6 is 0 Å². The SMILES string of the molecule is CC(C)(C)OC(=O)O[C@H]1CN[C@H](Cc2ccc(OC(F)F)cc2)[C@@H]1OC(=O)NCc1cccc(F)c1. The molecule has 2 N–H and O–H groups in total. The van der Waals surface area contributed by atoms with Crippen LogP contribution in [0.5, 0.6) is 5.75 Å². The highest BCUT2D eigenvalue weighted by molar-refractivity contribution is 5.67. The number of alkyl carbamates (subject to hydrolysis) is 1. The number of alkyl halides is 2. The lowest BCUT2D eigenvalue weighted by molar-refractivity contribution is -0.0521. The van der Waals surface area contributed by atoms with Gasteiger partial charge in [0.2, 0.25) is 0 Å². The van der Waals surface area contributed by atoms with E-state index in [1.54, 1.807) is 39.0 Å². The van der Waals surface area contributed by atoms with Crippen LogP contribution < -0.4 is 15.4 Å². The van der Waals surface area contributed by atoms with Gasteiger partial charge in [0.1, 0.15) is 17.2 Å². The molecule has 0 saturated carbocycles. The Morgan fingerprint density at radius 3 is 2.44 bits per heavy atom. The fourth-order valence-electron chi connectivity index (χ4n) is 3.66. The van der Waals surface area contributed by atoms with Crippen molar-refractivity contribution in [2.24, 2.45) is 0 Å². The predicted molar refractivity (Wildman–Crippen MR) is 123 cm³/mol. The molecule has 3 rings (SSSR count). The summed E-state index contributed by atoms with van der Waals surface area (Å²) in [6.07, 6.45) is -3.08. The van der Waals surface area contributed by atoms with E-state index in [1.807, 2.05) is 0 Å². The van der Waals surface area contributed by atoms with Crippen LogP contribution in [0.25, 0.3) is 0 Å². The zero-order valence-corrected chi connectivity index (χ0v) is 20.1. The quantitative estimate of drug-likeness (QED) is 0.503. The Morgan fingerprint density at radius 1 is 1.08 bits per heavy atom. The number of hydrogen-bond donors (Lipinski definition) is 2. The molecule has 1 aliphatic rings. The third-order valence-electron chi connectivity index (χ3n) is 5.15. The molecule has 1 amide bonds. The first-order chi connectivity index (χ1) is 17.0. The largest absolute Gasteiger partial charge is 0.509 e. The van der Waals surface area contributed by atoms with Crippen LogP contribution in [0.4, 0.5) is 22.8 Å². The van der Waals surface area contributed by atoms with Crippen molar-refractivity contribution in [3.05, 3.63) is 65.5 Å². The van der Waals surface area contributed by atoms with E-state index in [2.05, 4.69) is 15.4 Å². The fraction of sp³-hybridized carbons (Fsp3) is 0.440. The molecule has 196 valence electrons. The smallest absolute Gasteiger partial charge is 0.441 e. The van der Waals surface area contributed by atoms with Gasteiger partial charge in [-0.2, -0.15) is 8.78 Å². The molecular weight excluding hydrogens is 481 g/mol. The number of rotatable bonds is 8. The Morgan fingerprint density at radius 2 is 1.81 bits per heavy atom. The van der Waals surface area contributed by atoms with Gasteiger partial charge in [0, 0.05) is 13.1 Å². The summed E-state index contributed by atoms with van der Waals surface area (Å²) in [5.41, 5.74) is 0.519. The van der Waals surface area contributed by atoms with Gasteiger partial charge in [0.05, 0.1) is 6.04 Å². The Hall–Kier alpha value is -3.47. The molecule has 2 aromatic rings. The lowest BCUT2D eigenvalue weighted by Gasteiger charge is -2.26. The second-order valence-electron chi connectivity index (χ2n) is 9.22. The summed E-state index contributed by atoms with van der Waals surface area (Å²) in [6, 6.07) is 11.3. The summed E-state index contributed by atoms with van der Waals surface area (Å²) in [5, 5.41) is 5.73. The lowest BCUT2D eigenvalue weighted by atomic mass is 10.0. The zero-order valence-electron chi connectivity index (χ0n) is 20.1. The highest BCUT2D eigenvalue weighted by Gasteiger charge is 2.42. The number of carbonyl (C=O) groups is 2. The van der Waals surface area contributed by atoms with Crippen molar-refractivity contribution in [1.82, 2.24) is 10.6 Å². The minimum absolute atomic E-state index is 0.0174. The Kier molecular flexibility index (Phi) is 9.03. The lowest BCUT2D eigenvalue weighted by Crippen LogP contribution is -2.43. The van der Waals surface area contributed by atoms with E-state index in [9.17, 15) is 22.8 Å². The molecule has 0 bridgehead atoms. The van der Waals surface area contributed by atoms with Crippen LogP contribution in [0, 0.1) is 5.82 Å². The molecule has 0 aliphatic carbocycles. The average Bonchev–Trinajstić information content (AvgIpc) is 3.12. The molecule has 3 atom stereocenters. The minimum Gasteiger partial charge on any atom is -0.441 e. The molecule has 0 radical (unpaired) electrons. The first kappa shape index (κ1) is 27.1. The summed E-state index contributed by atoms with van der Waals surface area (Å²) in [7, 11) is 0. The van der Waals surface area contributed by atoms with Gasteiger partial charge in [-0.05, 0) is 62.6 Å². The molecule has 2 aromatic carbocycles. The standard InChI is InChI=1S/C25H29F3N2O6/c1-25(2,3)36-24(32)34-20-14-29-19(12-15-7-9-18(10-8-15)33-22(27)28)21(20)35-23(31)30-13-16-5-4-6-17(26)11-16/h4-11,19-22,29H,12-14H2,1-3H3,(H,30,31)/t19-,20+,21+/m1/s1. The third-order valence-corrected chi connectivity index (χ3v) is 5.15. The highest BCUT2D eigenvalue weighted by Crippen LogP contribution is 2.23.